The third-order valence-electron chi connectivity index (χ3n) is 4.17. The van der Waals surface area contributed by atoms with Gasteiger partial charge in [-0.3, -0.25) is 9.67 Å². The Morgan fingerprint density at radius 2 is 1.97 bits per heavy atom. The fraction of sp³-hybridized carbons (Fsp3) is 0.211. The quantitative estimate of drug-likeness (QED) is 0.584. The third kappa shape index (κ3) is 4.61. The Labute approximate surface area is 168 Å². The first-order valence-corrected chi connectivity index (χ1v) is 10.0. The van der Waals surface area contributed by atoms with Crippen molar-refractivity contribution in [3.63, 3.8) is 0 Å². The number of aromatic nitrogens is 3. The second-order valence-electron chi connectivity index (χ2n) is 6.14. The minimum absolute atomic E-state index is 0.0221. The lowest BCUT2D eigenvalue weighted by molar-refractivity contribution is 0.0600. The van der Waals surface area contributed by atoms with Crippen LogP contribution in [-0.4, -0.2) is 43.4 Å². The van der Waals surface area contributed by atoms with Crippen molar-refractivity contribution in [1.82, 2.24) is 19.5 Å². The number of aryl methyl sites for hydroxylation is 1. The van der Waals surface area contributed by atoms with Crippen molar-refractivity contribution in [1.29, 1.82) is 0 Å². The first kappa shape index (κ1) is 20.5. The van der Waals surface area contributed by atoms with Crippen LogP contribution in [0.2, 0.25) is 0 Å². The van der Waals surface area contributed by atoms with E-state index in [1.54, 1.807) is 29.2 Å². The first-order valence-electron chi connectivity index (χ1n) is 8.54. The van der Waals surface area contributed by atoms with Gasteiger partial charge in [0.1, 0.15) is 10.6 Å². The minimum atomic E-state index is -3.95. The van der Waals surface area contributed by atoms with E-state index in [0.717, 1.165) is 11.3 Å². The lowest BCUT2D eigenvalue weighted by Crippen LogP contribution is -2.24. The van der Waals surface area contributed by atoms with Crippen molar-refractivity contribution < 1.29 is 22.7 Å². The number of carbonyl (C=O) groups excluding carboxylic acids is 1. The predicted molar refractivity (Wildman–Crippen MR) is 105 cm³/mol. The number of carbonyl (C=O) groups is 1. The molecule has 1 N–H and O–H groups in total. The SMILES string of the molecule is COC(=O)c1ccc(OC)c(S(=O)(=O)NCc2ccc(-c3cnn(C)c3)nc2)c1. The molecule has 0 aliphatic heterocycles. The van der Waals surface area contributed by atoms with Crippen molar-refractivity contribution in [3.8, 4) is 17.0 Å². The van der Waals surface area contributed by atoms with Gasteiger partial charge in [0.15, 0.2) is 0 Å². The summed E-state index contributed by atoms with van der Waals surface area (Å²) in [5, 5.41) is 4.10. The first-order chi connectivity index (χ1) is 13.8. The van der Waals surface area contributed by atoms with Crippen LogP contribution in [0.25, 0.3) is 11.3 Å². The van der Waals surface area contributed by atoms with Crippen LogP contribution in [0, 0.1) is 0 Å². The molecule has 0 saturated heterocycles. The summed E-state index contributed by atoms with van der Waals surface area (Å²) in [5.74, 6) is -0.519. The second kappa shape index (κ2) is 8.41. The number of nitrogens with zero attached hydrogens (tertiary/aromatic N) is 3. The highest BCUT2D eigenvalue weighted by Gasteiger charge is 2.22. The number of rotatable bonds is 7. The van der Waals surface area contributed by atoms with Crippen molar-refractivity contribution in [2.45, 2.75) is 11.4 Å². The van der Waals surface area contributed by atoms with Gasteiger partial charge >= 0.3 is 5.97 Å². The van der Waals surface area contributed by atoms with Crippen molar-refractivity contribution in [2.75, 3.05) is 14.2 Å². The molecule has 0 fully saturated rings. The van der Waals surface area contributed by atoms with Gasteiger partial charge in [-0.15, -0.1) is 0 Å². The summed E-state index contributed by atoms with van der Waals surface area (Å²) in [5.41, 5.74) is 2.38. The Morgan fingerprint density at radius 3 is 2.55 bits per heavy atom. The van der Waals surface area contributed by atoms with Gasteiger partial charge in [0.25, 0.3) is 0 Å². The largest absolute Gasteiger partial charge is 0.495 e. The fourth-order valence-corrected chi connectivity index (χ4v) is 3.85. The zero-order valence-corrected chi connectivity index (χ0v) is 16.9. The van der Waals surface area contributed by atoms with Gasteiger partial charge in [-0.05, 0) is 29.8 Å². The molecule has 0 amide bonds. The van der Waals surface area contributed by atoms with Gasteiger partial charge in [0, 0.05) is 31.5 Å². The number of nitrogens with one attached hydrogen (secondary N) is 1. The van der Waals surface area contributed by atoms with E-state index in [0.29, 0.717) is 5.56 Å². The maximum atomic E-state index is 12.8. The lowest BCUT2D eigenvalue weighted by Gasteiger charge is -2.12. The third-order valence-corrected chi connectivity index (χ3v) is 5.59. The van der Waals surface area contributed by atoms with E-state index in [1.165, 1.54) is 32.4 Å². The van der Waals surface area contributed by atoms with Crippen molar-refractivity contribution in [2.24, 2.45) is 7.05 Å². The van der Waals surface area contributed by atoms with E-state index in [9.17, 15) is 13.2 Å². The summed E-state index contributed by atoms with van der Waals surface area (Å²) in [7, 11) is 0.445. The molecular weight excluding hydrogens is 396 g/mol. The molecule has 3 rings (SSSR count). The summed E-state index contributed by atoms with van der Waals surface area (Å²) < 4.78 is 39.5. The number of hydrogen-bond acceptors (Lipinski definition) is 7. The molecule has 2 heterocycles. The van der Waals surface area contributed by atoms with Gasteiger partial charge in [0.2, 0.25) is 10.0 Å². The monoisotopic (exact) mass is 416 g/mol. The topological polar surface area (TPSA) is 112 Å². The fourth-order valence-electron chi connectivity index (χ4n) is 2.64. The van der Waals surface area contributed by atoms with Crippen LogP contribution in [0.1, 0.15) is 15.9 Å². The van der Waals surface area contributed by atoms with E-state index >= 15 is 0 Å². The van der Waals surface area contributed by atoms with E-state index in [2.05, 4.69) is 19.5 Å². The highest BCUT2D eigenvalue weighted by atomic mass is 32.2. The number of methoxy groups -OCH3 is 2. The molecule has 3 aromatic rings. The number of pyridine rings is 1. The smallest absolute Gasteiger partial charge is 0.337 e. The van der Waals surface area contributed by atoms with Crippen LogP contribution >= 0.6 is 0 Å². The molecule has 0 unspecified atom stereocenters. The molecule has 29 heavy (non-hydrogen) atoms. The molecule has 1 aromatic carbocycles. The van der Waals surface area contributed by atoms with Gasteiger partial charge in [-0.25, -0.2) is 17.9 Å². The molecule has 0 aliphatic rings. The van der Waals surface area contributed by atoms with Crippen LogP contribution in [0.3, 0.4) is 0 Å². The van der Waals surface area contributed by atoms with Crippen LogP contribution in [0.5, 0.6) is 5.75 Å². The maximum Gasteiger partial charge on any atom is 0.337 e. The van der Waals surface area contributed by atoms with Gasteiger partial charge < -0.3 is 9.47 Å². The van der Waals surface area contributed by atoms with Crippen molar-refractivity contribution >= 4 is 16.0 Å². The predicted octanol–water partition coefficient (Wildman–Crippen LogP) is 1.76. The zero-order chi connectivity index (χ0) is 21.0. The molecule has 0 bridgehead atoms. The minimum Gasteiger partial charge on any atom is -0.495 e. The number of ether oxygens (including phenoxy) is 2. The molecule has 0 saturated carbocycles. The molecule has 152 valence electrons. The standard InChI is InChI=1S/C19H20N4O5S/c1-23-12-15(11-21-23)16-6-4-13(9-20-16)10-22-29(25,26)18-8-14(19(24)28-3)5-7-17(18)27-2/h4-9,11-12,22H,10H2,1-3H3. The highest BCUT2D eigenvalue weighted by Crippen LogP contribution is 2.25. The summed E-state index contributed by atoms with van der Waals surface area (Å²) in [6.45, 7) is 0.0221. The lowest BCUT2D eigenvalue weighted by atomic mass is 10.2. The van der Waals surface area contributed by atoms with E-state index in [4.69, 9.17) is 4.74 Å². The summed E-state index contributed by atoms with van der Waals surface area (Å²) in [4.78, 5) is 15.9. The van der Waals surface area contributed by atoms with Gasteiger partial charge in [0.05, 0.1) is 31.7 Å². The van der Waals surface area contributed by atoms with E-state index < -0.39 is 16.0 Å². The summed E-state index contributed by atoms with van der Waals surface area (Å²) in [6.07, 6.45) is 5.13. The Bertz CT molecular complexity index is 1120. The maximum absolute atomic E-state index is 12.8. The Hall–Kier alpha value is -3.24. The van der Waals surface area contributed by atoms with Crippen LogP contribution in [0.4, 0.5) is 0 Å². The number of sulfonamides is 1. The molecule has 2 aromatic heterocycles. The number of benzene rings is 1. The normalized spacial score (nSPS) is 11.3. The number of esters is 1. The Balaban J connectivity index is 1.78. The average molecular weight is 416 g/mol. The highest BCUT2D eigenvalue weighted by molar-refractivity contribution is 7.89. The molecule has 0 spiro atoms. The van der Waals surface area contributed by atoms with Crippen LogP contribution < -0.4 is 9.46 Å². The Morgan fingerprint density at radius 1 is 1.17 bits per heavy atom. The van der Waals surface area contributed by atoms with E-state index in [-0.39, 0.29) is 22.8 Å². The molecule has 0 radical (unpaired) electrons. The van der Waals surface area contributed by atoms with Crippen LogP contribution in [0.15, 0.2) is 53.8 Å². The van der Waals surface area contributed by atoms with Gasteiger partial charge in [-0.1, -0.05) is 6.07 Å². The zero-order valence-electron chi connectivity index (χ0n) is 16.1. The van der Waals surface area contributed by atoms with Crippen molar-refractivity contribution in [3.05, 3.63) is 60.0 Å². The second-order valence-corrected chi connectivity index (χ2v) is 7.87. The van der Waals surface area contributed by atoms with Gasteiger partial charge in [-0.2, -0.15) is 5.10 Å². The summed E-state index contributed by atoms with van der Waals surface area (Å²) in [6, 6.07) is 7.63. The molecular formula is C19H20N4O5S. The Kier molecular flexibility index (Phi) is 5.95. The molecule has 0 atom stereocenters. The van der Waals surface area contributed by atoms with Crippen LogP contribution in [-0.2, 0) is 28.4 Å². The molecule has 10 heteroatoms. The average Bonchev–Trinajstić information content (AvgIpc) is 3.18. The molecule has 9 nitrogen and oxygen atoms in total. The van der Waals surface area contributed by atoms with E-state index in [1.807, 2.05) is 13.2 Å². The molecule has 0 aliphatic carbocycles. The number of hydrogen-bond donors (Lipinski definition) is 1. The summed E-state index contributed by atoms with van der Waals surface area (Å²) >= 11 is 0.